The Morgan fingerprint density at radius 1 is 1.45 bits per heavy atom. The van der Waals surface area contributed by atoms with E-state index < -0.39 is 0 Å². The molecule has 0 amide bonds. The Bertz CT molecular complexity index is 360. The molecule has 1 radical (unpaired) electrons. The van der Waals surface area contributed by atoms with Crippen LogP contribution in [0.25, 0.3) is 10.1 Å². The van der Waals surface area contributed by atoms with Crippen LogP contribution in [0.4, 0.5) is 0 Å². The van der Waals surface area contributed by atoms with Crippen LogP contribution < -0.4 is 0 Å². The lowest BCUT2D eigenvalue weighted by molar-refractivity contribution is 1.16. The van der Waals surface area contributed by atoms with Crippen LogP contribution in [0.5, 0.6) is 0 Å². The molecule has 0 bridgehead atoms. The Balaban J connectivity index is 2.79. The van der Waals surface area contributed by atoms with Crippen molar-refractivity contribution in [3.8, 4) is 0 Å². The third-order valence-corrected chi connectivity index (χ3v) is 2.71. The molecule has 55 valence electrons. The smallest absolute Gasteiger partial charge is 0.0351 e. The molecule has 11 heavy (non-hydrogen) atoms. The molecular weight excluding hydrogens is 152 g/mol. The molecule has 0 nitrogen and oxygen atoms in total. The average molecular weight is 161 g/mol. The largest absolute Gasteiger partial charge is 0.143 e. The highest BCUT2D eigenvalue weighted by Crippen LogP contribution is 2.23. The predicted molar refractivity (Wildman–Crippen MR) is 50.0 cm³/mol. The van der Waals surface area contributed by atoms with E-state index in [1.807, 2.05) is 5.38 Å². The third kappa shape index (κ3) is 1.05. The van der Waals surface area contributed by atoms with Crippen molar-refractivity contribution in [3.63, 3.8) is 0 Å². The van der Waals surface area contributed by atoms with Gasteiger partial charge in [-0.15, -0.1) is 11.3 Å². The molecule has 0 aliphatic heterocycles. The Hall–Kier alpha value is -0.820. The normalized spacial score (nSPS) is 10.6. The Morgan fingerprint density at radius 3 is 3.18 bits per heavy atom. The summed E-state index contributed by atoms with van der Waals surface area (Å²) in [6.07, 6.45) is 1.10. The molecule has 0 saturated carbocycles. The molecule has 0 aliphatic rings. The summed E-state index contributed by atoms with van der Waals surface area (Å²) in [5.41, 5.74) is 1.41. The summed E-state index contributed by atoms with van der Waals surface area (Å²) in [4.78, 5) is 0. The maximum atomic E-state index is 3.26. The first-order valence-corrected chi connectivity index (χ1v) is 4.66. The fourth-order valence-electron chi connectivity index (χ4n) is 1.29. The van der Waals surface area contributed by atoms with E-state index in [1.165, 1.54) is 15.6 Å². The third-order valence-electron chi connectivity index (χ3n) is 1.88. The highest BCUT2D eigenvalue weighted by molar-refractivity contribution is 7.17. The van der Waals surface area contributed by atoms with E-state index in [1.54, 1.807) is 11.3 Å². The van der Waals surface area contributed by atoms with Crippen molar-refractivity contribution in [1.29, 1.82) is 0 Å². The summed E-state index contributed by atoms with van der Waals surface area (Å²) in [6.45, 7) is 2.18. The molecule has 1 aromatic carbocycles. The molecule has 2 rings (SSSR count). The quantitative estimate of drug-likeness (QED) is 0.602. The highest BCUT2D eigenvalue weighted by Gasteiger charge is 1.98. The zero-order valence-electron chi connectivity index (χ0n) is 6.42. The van der Waals surface area contributed by atoms with Gasteiger partial charge in [0.05, 0.1) is 0 Å². The minimum absolute atomic E-state index is 1.10. The van der Waals surface area contributed by atoms with Crippen LogP contribution in [0.3, 0.4) is 0 Å². The lowest BCUT2D eigenvalue weighted by Crippen LogP contribution is -1.78. The SMILES string of the molecule is CCc1cccc2sc[c]c12. The molecule has 1 heteroatoms. The molecule has 0 aliphatic carbocycles. The van der Waals surface area contributed by atoms with Crippen molar-refractivity contribution >= 4 is 21.4 Å². The van der Waals surface area contributed by atoms with Gasteiger partial charge in [0, 0.05) is 16.2 Å². The average Bonchev–Trinajstić information content (AvgIpc) is 2.50. The summed E-state index contributed by atoms with van der Waals surface area (Å²) in [7, 11) is 0. The molecule has 0 saturated heterocycles. The minimum Gasteiger partial charge on any atom is -0.143 e. The monoisotopic (exact) mass is 161 g/mol. The summed E-state index contributed by atoms with van der Waals surface area (Å²) in [5.74, 6) is 0. The van der Waals surface area contributed by atoms with Crippen LogP contribution in [0.1, 0.15) is 12.5 Å². The molecule has 1 aromatic heterocycles. The van der Waals surface area contributed by atoms with E-state index in [4.69, 9.17) is 0 Å². The van der Waals surface area contributed by atoms with Crippen LogP contribution in [0.15, 0.2) is 23.6 Å². The van der Waals surface area contributed by atoms with Crippen LogP contribution >= 0.6 is 11.3 Å². The van der Waals surface area contributed by atoms with E-state index in [2.05, 4.69) is 31.2 Å². The second kappa shape index (κ2) is 2.67. The van der Waals surface area contributed by atoms with Crippen LogP contribution in [-0.4, -0.2) is 0 Å². The van der Waals surface area contributed by atoms with Crippen LogP contribution in [0, 0.1) is 6.07 Å². The van der Waals surface area contributed by atoms with Crippen LogP contribution in [0.2, 0.25) is 0 Å². The topological polar surface area (TPSA) is 0 Å². The molecule has 0 N–H and O–H groups in total. The number of rotatable bonds is 1. The second-order valence-corrected chi connectivity index (χ2v) is 3.44. The number of hydrogen-bond acceptors (Lipinski definition) is 1. The highest BCUT2D eigenvalue weighted by atomic mass is 32.1. The predicted octanol–water partition coefficient (Wildman–Crippen LogP) is 3.26. The van der Waals surface area contributed by atoms with Gasteiger partial charge in [-0.1, -0.05) is 19.1 Å². The lowest BCUT2D eigenvalue weighted by Gasteiger charge is -1.96. The Kier molecular flexibility index (Phi) is 1.66. The maximum Gasteiger partial charge on any atom is 0.0351 e. The minimum atomic E-state index is 1.10. The van der Waals surface area contributed by atoms with Gasteiger partial charge in [0.1, 0.15) is 0 Å². The lowest BCUT2D eigenvalue weighted by atomic mass is 10.1. The van der Waals surface area contributed by atoms with E-state index in [0.717, 1.165) is 6.42 Å². The molecule has 0 fully saturated rings. The van der Waals surface area contributed by atoms with Crippen molar-refractivity contribution < 1.29 is 0 Å². The maximum absolute atomic E-state index is 3.26. The molecule has 2 aromatic rings. The van der Waals surface area contributed by atoms with Gasteiger partial charge in [0.2, 0.25) is 0 Å². The van der Waals surface area contributed by atoms with Gasteiger partial charge in [-0.25, -0.2) is 0 Å². The second-order valence-electron chi connectivity index (χ2n) is 2.52. The van der Waals surface area contributed by atoms with Gasteiger partial charge >= 0.3 is 0 Å². The fourth-order valence-corrected chi connectivity index (χ4v) is 2.05. The first-order chi connectivity index (χ1) is 5.42. The summed E-state index contributed by atoms with van der Waals surface area (Å²) < 4.78 is 1.35. The Morgan fingerprint density at radius 2 is 2.36 bits per heavy atom. The molecule has 0 unspecified atom stereocenters. The summed E-state index contributed by atoms with van der Waals surface area (Å²) in [5, 5.41) is 3.34. The first-order valence-electron chi connectivity index (χ1n) is 3.78. The van der Waals surface area contributed by atoms with Crippen molar-refractivity contribution in [1.82, 2.24) is 0 Å². The van der Waals surface area contributed by atoms with E-state index in [-0.39, 0.29) is 0 Å². The van der Waals surface area contributed by atoms with Gasteiger partial charge in [0.15, 0.2) is 0 Å². The summed E-state index contributed by atoms with van der Waals surface area (Å²) >= 11 is 1.76. The molecule has 0 spiro atoms. The fraction of sp³-hybridized carbons (Fsp3) is 0.200. The van der Waals surface area contributed by atoms with Gasteiger partial charge in [-0.05, 0) is 23.4 Å². The molecule has 0 atom stereocenters. The van der Waals surface area contributed by atoms with Gasteiger partial charge in [0.25, 0.3) is 0 Å². The molecular formula is C10H9S. The van der Waals surface area contributed by atoms with Crippen molar-refractivity contribution in [2.75, 3.05) is 0 Å². The summed E-state index contributed by atoms with van der Waals surface area (Å²) in [6, 6.07) is 9.69. The number of thiophene rings is 1. The van der Waals surface area contributed by atoms with Crippen molar-refractivity contribution in [2.45, 2.75) is 13.3 Å². The standard InChI is InChI=1S/C10H9S/c1-2-8-4-3-5-10-9(8)6-7-11-10/h3-5,7H,2H2,1H3. The number of benzene rings is 1. The van der Waals surface area contributed by atoms with Crippen LogP contribution in [-0.2, 0) is 6.42 Å². The zero-order valence-corrected chi connectivity index (χ0v) is 7.24. The van der Waals surface area contributed by atoms with Crippen molar-refractivity contribution in [2.24, 2.45) is 0 Å². The number of fused-ring (bicyclic) bond motifs is 1. The van der Waals surface area contributed by atoms with Gasteiger partial charge in [-0.2, -0.15) is 0 Å². The van der Waals surface area contributed by atoms with E-state index in [0.29, 0.717) is 0 Å². The van der Waals surface area contributed by atoms with E-state index >= 15 is 0 Å². The zero-order chi connectivity index (χ0) is 7.68. The first kappa shape index (κ1) is 6.86. The Labute approximate surface area is 70.5 Å². The van der Waals surface area contributed by atoms with Gasteiger partial charge in [-0.3, -0.25) is 0 Å². The molecule has 1 heterocycles. The number of aryl methyl sites for hydroxylation is 1. The van der Waals surface area contributed by atoms with Crippen molar-refractivity contribution in [3.05, 3.63) is 35.2 Å². The van der Waals surface area contributed by atoms with E-state index in [9.17, 15) is 0 Å². The van der Waals surface area contributed by atoms with Gasteiger partial charge < -0.3 is 0 Å². The number of hydrogen-bond donors (Lipinski definition) is 0.